The average molecular weight is 543 g/mol. The second-order valence-electron chi connectivity index (χ2n) is 9.74. The predicted octanol–water partition coefficient (Wildman–Crippen LogP) is 6.59. The summed E-state index contributed by atoms with van der Waals surface area (Å²) in [7, 11) is 0. The van der Waals surface area contributed by atoms with Gasteiger partial charge in [0.05, 0.1) is 29.7 Å². The van der Waals surface area contributed by atoms with E-state index < -0.39 is 17.7 Å². The van der Waals surface area contributed by atoms with E-state index in [0.717, 1.165) is 35.8 Å². The number of aromatic nitrogens is 2. The molecule has 1 aromatic carbocycles. The van der Waals surface area contributed by atoms with Crippen molar-refractivity contribution in [1.82, 2.24) is 20.4 Å². The summed E-state index contributed by atoms with van der Waals surface area (Å²) in [6, 6.07) is 7.91. The topological polar surface area (TPSA) is 88.3 Å². The van der Waals surface area contributed by atoms with Crippen LogP contribution in [0.5, 0.6) is 0 Å². The molecule has 1 aliphatic rings. The smallest absolute Gasteiger partial charge is 0.243 e. The highest BCUT2D eigenvalue weighted by Gasteiger charge is 2.30. The summed E-state index contributed by atoms with van der Waals surface area (Å²) in [5.41, 5.74) is 2.03. The van der Waals surface area contributed by atoms with Crippen molar-refractivity contribution in [3.63, 3.8) is 0 Å². The molecule has 2 amide bonds. The first-order chi connectivity index (χ1) is 18.6. The number of benzene rings is 1. The molecule has 0 aliphatic carbocycles. The van der Waals surface area contributed by atoms with Gasteiger partial charge in [-0.15, -0.1) is 0 Å². The Kier molecular flexibility index (Phi) is 12.2. The summed E-state index contributed by atoms with van der Waals surface area (Å²) in [4.78, 5) is 28.3. The van der Waals surface area contributed by atoms with E-state index in [9.17, 15) is 18.4 Å². The molecule has 3 unspecified atom stereocenters. The molecule has 39 heavy (non-hydrogen) atoms. The fraction of sp³-hybridized carbons (Fsp3) is 0.467. The molecule has 3 atom stereocenters. The summed E-state index contributed by atoms with van der Waals surface area (Å²) in [5, 5.41) is 6.73. The molecule has 4 rings (SSSR count). The van der Waals surface area contributed by atoms with E-state index in [1.54, 1.807) is 24.3 Å². The SMILES string of the molecule is CC.CC(NC(=O)C1CCCN1C=O)c1ccc(-c2c(F)cncc2F)cc1.Cc1cc(C(C)C(C)C)on1. The fourth-order valence-corrected chi connectivity index (χ4v) is 4.14. The van der Waals surface area contributed by atoms with Gasteiger partial charge >= 0.3 is 0 Å². The minimum absolute atomic E-state index is 0.129. The van der Waals surface area contributed by atoms with E-state index in [1.165, 1.54) is 4.90 Å². The van der Waals surface area contributed by atoms with Gasteiger partial charge in [0.25, 0.3) is 0 Å². The van der Waals surface area contributed by atoms with Crippen LogP contribution in [0.4, 0.5) is 8.78 Å². The highest BCUT2D eigenvalue weighted by Crippen LogP contribution is 2.27. The number of rotatable bonds is 7. The number of hydrogen-bond acceptors (Lipinski definition) is 5. The van der Waals surface area contributed by atoms with Crippen molar-refractivity contribution in [2.24, 2.45) is 5.92 Å². The van der Waals surface area contributed by atoms with Crippen molar-refractivity contribution in [3.8, 4) is 11.1 Å². The average Bonchev–Trinajstić information content (AvgIpc) is 3.59. The second-order valence-corrected chi connectivity index (χ2v) is 9.74. The fourth-order valence-electron chi connectivity index (χ4n) is 4.14. The van der Waals surface area contributed by atoms with Crippen LogP contribution >= 0.6 is 0 Å². The van der Waals surface area contributed by atoms with Crippen molar-refractivity contribution in [2.75, 3.05) is 6.54 Å². The Morgan fingerprint density at radius 1 is 1.10 bits per heavy atom. The summed E-state index contributed by atoms with van der Waals surface area (Å²) < 4.78 is 32.8. The number of nitrogens with one attached hydrogen (secondary N) is 1. The zero-order valence-corrected chi connectivity index (χ0v) is 23.9. The highest BCUT2D eigenvalue weighted by atomic mass is 19.1. The molecule has 1 saturated heterocycles. The lowest BCUT2D eigenvalue weighted by atomic mass is 9.95. The lowest BCUT2D eigenvalue weighted by Gasteiger charge is -2.22. The molecule has 0 radical (unpaired) electrons. The molecule has 1 aliphatic heterocycles. The van der Waals surface area contributed by atoms with Gasteiger partial charge in [0.15, 0.2) is 11.6 Å². The number of carbonyl (C=O) groups excluding carboxylic acids is 2. The lowest BCUT2D eigenvalue weighted by molar-refractivity contribution is -0.131. The molecule has 1 fully saturated rings. The summed E-state index contributed by atoms with van der Waals surface area (Å²) in [6.07, 6.45) is 4.10. The van der Waals surface area contributed by atoms with Crippen LogP contribution in [0, 0.1) is 24.5 Å². The number of hydrogen-bond donors (Lipinski definition) is 1. The Hall–Kier alpha value is -3.62. The molecule has 7 nitrogen and oxygen atoms in total. The van der Waals surface area contributed by atoms with Gasteiger partial charge in [-0.2, -0.15) is 0 Å². The Morgan fingerprint density at radius 3 is 2.23 bits per heavy atom. The lowest BCUT2D eigenvalue weighted by Crippen LogP contribution is -2.43. The zero-order chi connectivity index (χ0) is 29.1. The van der Waals surface area contributed by atoms with Crippen LogP contribution in [0.3, 0.4) is 0 Å². The quantitative estimate of drug-likeness (QED) is 0.340. The summed E-state index contributed by atoms with van der Waals surface area (Å²) in [6.45, 7) is 14.9. The van der Waals surface area contributed by atoms with E-state index in [2.05, 4.69) is 36.2 Å². The van der Waals surface area contributed by atoms with Gasteiger partial charge in [-0.25, -0.2) is 8.78 Å². The largest absolute Gasteiger partial charge is 0.361 e. The van der Waals surface area contributed by atoms with E-state index >= 15 is 0 Å². The molecular formula is C30H40F2N4O3. The Bertz CT molecular complexity index is 1180. The molecule has 212 valence electrons. The number of halogens is 2. The number of nitrogens with zero attached hydrogens (tertiary/aromatic N) is 3. The first-order valence-electron chi connectivity index (χ1n) is 13.5. The maximum absolute atomic E-state index is 13.8. The molecule has 3 heterocycles. The number of carbonyl (C=O) groups is 2. The first-order valence-corrected chi connectivity index (χ1v) is 13.5. The molecule has 0 spiro atoms. The van der Waals surface area contributed by atoms with Crippen LogP contribution in [0.1, 0.15) is 83.4 Å². The van der Waals surface area contributed by atoms with Crippen LogP contribution < -0.4 is 5.32 Å². The molecule has 1 N–H and O–H groups in total. The second kappa shape index (κ2) is 15.1. The van der Waals surface area contributed by atoms with Crippen LogP contribution in [-0.4, -0.2) is 39.9 Å². The Morgan fingerprint density at radius 2 is 1.72 bits per heavy atom. The third kappa shape index (κ3) is 8.43. The third-order valence-electron chi connectivity index (χ3n) is 6.74. The van der Waals surface area contributed by atoms with Gasteiger partial charge in [-0.3, -0.25) is 14.6 Å². The molecule has 0 saturated carbocycles. The van der Waals surface area contributed by atoms with Crippen LogP contribution in [0.2, 0.25) is 0 Å². The zero-order valence-electron chi connectivity index (χ0n) is 23.9. The van der Waals surface area contributed by atoms with E-state index in [0.29, 0.717) is 36.8 Å². The highest BCUT2D eigenvalue weighted by molar-refractivity contribution is 5.84. The van der Waals surface area contributed by atoms with Gasteiger partial charge in [0, 0.05) is 18.5 Å². The maximum atomic E-state index is 13.8. The monoisotopic (exact) mass is 542 g/mol. The van der Waals surface area contributed by atoms with E-state index in [4.69, 9.17) is 4.52 Å². The molecule has 0 bridgehead atoms. The van der Waals surface area contributed by atoms with Crippen molar-refractivity contribution >= 4 is 12.3 Å². The van der Waals surface area contributed by atoms with Gasteiger partial charge < -0.3 is 14.7 Å². The third-order valence-corrected chi connectivity index (χ3v) is 6.74. The predicted molar refractivity (Wildman–Crippen MR) is 148 cm³/mol. The summed E-state index contributed by atoms with van der Waals surface area (Å²) >= 11 is 0. The first kappa shape index (κ1) is 31.6. The van der Waals surface area contributed by atoms with E-state index in [1.807, 2.05) is 33.8 Å². The molecule has 2 aromatic heterocycles. The van der Waals surface area contributed by atoms with Crippen LogP contribution in [0.25, 0.3) is 11.1 Å². The Balaban J connectivity index is 0.000000343. The van der Waals surface area contributed by atoms with Gasteiger partial charge in [-0.05, 0) is 43.7 Å². The van der Waals surface area contributed by atoms with Crippen molar-refractivity contribution in [1.29, 1.82) is 0 Å². The number of likely N-dealkylation sites (tertiary alicyclic amines) is 1. The Labute approximate surface area is 230 Å². The van der Waals surface area contributed by atoms with Gasteiger partial charge in [-0.1, -0.05) is 64.0 Å². The van der Waals surface area contributed by atoms with Crippen LogP contribution in [0.15, 0.2) is 47.2 Å². The molecule has 3 aromatic rings. The molecule has 9 heteroatoms. The standard InChI is InChI=1S/C19H19F2N3O2.C9H15NO.C2H6/c1-12(23-19(26)17-3-2-8-24(17)11-25)13-4-6-14(7-5-13)18-15(20)9-22-10-16(18)21;1-6(2)8(4)9-5-7(3)10-11-9;1-2/h4-7,9-12,17H,2-3,8H2,1H3,(H,23,26);5-6,8H,1-4H3;1-2H3. The summed E-state index contributed by atoms with van der Waals surface area (Å²) in [5.74, 6) is 0.428. The van der Waals surface area contributed by atoms with Crippen molar-refractivity contribution in [2.45, 2.75) is 79.3 Å². The number of aryl methyl sites for hydroxylation is 1. The normalized spacial score (nSPS) is 15.9. The minimum Gasteiger partial charge on any atom is -0.361 e. The number of pyridine rings is 1. The molecular weight excluding hydrogens is 502 g/mol. The van der Waals surface area contributed by atoms with E-state index in [-0.39, 0.29) is 17.5 Å². The maximum Gasteiger partial charge on any atom is 0.243 e. The van der Waals surface area contributed by atoms with Crippen LogP contribution in [-0.2, 0) is 9.59 Å². The van der Waals surface area contributed by atoms with Gasteiger partial charge in [0.1, 0.15) is 11.8 Å². The number of amides is 2. The van der Waals surface area contributed by atoms with Gasteiger partial charge in [0.2, 0.25) is 12.3 Å². The van der Waals surface area contributed by atoms with Crippen molar-refractivity contribution in [3.05, 3.63) is 71.4 Å². The van der Waals surface area contributed by atoms with Crippen molar-refractivity contribution < 1.29 is 22.9 Å². The minimum atomic E-state index is -0.728.